The zero-order valence-corrected chi connectivity index (χ0v) is 14.7. The number of likely N-dealkylation sites (tertiary alicyclic amines) is 1. The van der Waals surface area contributed by atoms with E-state index >= 15 is 0 Å². The summed E-state index contributed by atoms with van der Waals surface area (Å²) >= 11 is 0. The summed E-state index contributed by atoms with van der Waals surface area (Å²) in [6.45, 7) is 6.91. The van der Waals surface area contributed by atoms with E-state index in [1.165, 1.54) is 12.1 Å². The first-order valence-corrected chi connectivity index (χ1v) is 8.31. The fraction of sp³-hybridized carbons (Fsp3) is 0.350. The topological polar surface area (TPSA) is 38.8 Å². The fourth-order valence-corrected chi connectivity index (χ4v) is 2.61. The summed E-state index contributed by atoms with van der Waals surface area (Å²) in [5.74, 6) is 1.31. The molecule has 0 aliphatic carbocycles. The first kappa shape index (κ1) is 17.3. The lowest BCUT2D eigenvalue weighted by molar-refractivity contribution is 0.00819. The molecule has 0 N–H and O–H groups in total. The molecule has 25 heavy (non-hydrogen) atoms. The highest BCUT2D eigenvalue weighted by atomic mass is 19.1. The number of halogens is 1. The van der Waals surface area contributed by atoms with Gasteiger partial charge in [-0.2, -0.15) is 0 Å². The molecule has 2 aromatic carbocycles. The van der Waals surface area contributed by atoms with Gasteiger partial charge in [-0.3, -0.25) is 0 Å². The summed E-state index contributed by atoms with van der Waals surface area (Å²) in [6, 6.07) is 13.7. The van der Waals surface area contributed by atoms with E-state index < -0.39 is 5.60 Å². The summed E-state index contributed by atoms with van der Waals surface area (Å²) in [7, 11) is 0. The number of nitrogens with zero attached hydrogens (tertiary/aromatic N) is 1. The lowest BCUT2D eigenvalue weighted by atomic mass is 9.92. The Kier molecular flexibility index (Phi) is 4.66. The molecule has 3 rings (SSSR count). The van der Waals surface area contributed by atoms with Crippen molar-refractivity contribution in [2.24, 2.45) is 0 Å². The first-order chi connectivity index (χ1) is 11.8. The minimum atomic E-state index is -0.471. The van der Waals surface area contributed by atoms with Gasteiger partial charge in [0.1, 0.15) is 22.9 Å². The molecule has 1 saturated heterocycles. The normalized spacial score (nSPS) is 14.8. The Labute approximate surface area is 147 Å². The Morgan fingerprint density at radius 2 is 1.52 bits per heavy atom. The third kappa shape index (κ3) is 4.50. The maximum Gasteiger partial charge on any atom is 0.410 e. The minimum Gasteiger partial charge on any atom is -0.457 e. The van der Waals surface area contributed by atoms with Crippen LogP contribution in [0.1, 0.15) is 32.3 Å². The van der Waals surface area contributed by atoms with Gasteiger partial charge in [0.05, 0.1) is 0 Å². The second-order valence-electron chi connectivity index (χ2n) is 7.21. The molecule has 2 aromatic rings. The standard InChI is InChI=1S/C20H22FNO3/c1-20(2,3)25-19(23)22-12-15(13-22)14-4-8-17(9-5-14)24-18-10-6-16(21)7-11-18/h4-11,15H,12-13H2,1-3H3. The molecule has 5 heteroatoms. The molecule has 0 spiro atoms. The SMILES string of the molecule is CC(C)(C)OC(=O)N1CC(c2ccc(Oc3ccc(F)cc3)cc2)C1. The van der Waals surface area contributed by atoms with E-state index in [4.69, 9.17) is 9.47 Å². The number of ether oxygens (including phenoxy) is 2. The van der Waals surface area contributed by atoms with Gasteiger partial charge >= 0.3 is 6.09 Å². The van der Waals surface area contributed by atoms with E-state index in [2.05, 4.69) is 0 Å². The predicted octanol–water partition coefficient (Wildman–Crippen LogP) is 4.95. The van der Waals surface area contributed by atoms with E-state index in [9.17, 15) is 9.18 Å². The third-order valence-corrected chi connectivity index (χ3v) is 3.93. The van der Waals surface area contributed by atoms with Gasteiger partial charge in [0, 0.05) is 19.0 Å². The molecule has 0 saturated carbocycles. The molecule has 1 aliphatic rings. The van der Waals surface area contributed by atoms with Crippen molar-refractivity contribution in [3.05, 3.63) is 59.9 Å². The monoisotopic (exact) mass is 343 g/mol. The Morgan fingerprint density at radius 3 is 2.04 bits per heavy atom. The molecule has 0 radical (unpaired) electrons. The Hall–Kier alpha value is -2.56. The summed E-state index contributed by atoms with van der Waals surface area (Å²) in [6.07, 6.45) is -0.264. The highest BCUT2D eigenvalue weighted by Gasteiger charge is 2.34. The van der Waals surface area contributed by atoms with Crippen LogP contribution in [0.4, 0.5) is 9.18 Å². The average Bonchev–Trinajstić information content (AvgIpc) is 2.48. The number of hydrogen-bond donors (Lipinski definition) is 0. The van der Waals surface area contributed by atoms with Gasteiger partial charge in [0.25, 0.3) is 0 Å². The molecular weight excluding hydrogens is 321 g/mol. The molecule has 0 unspecified atom stereocenters. The third-order valence-electron chi connectivity index (χ3n) is 3.93. The van der Waals surface area contributed by atoms with E-state index in [1.54, 1.807) is 17.0 Å². The number of carbonyl (C=O) groups excluding carboxylic acids is 1. The number of carbonyl (C=O) groups is 1. The Morgan fingerprint density at radius 1 is 1.00 bits per heavy atom. The Balaban J connectivity index is 1.54. The van der Waals surface area contributed by atoms with Crippen LogP contribution in [0.2, 0.25) is 0 Å². The lowest BCUT2D eigenvalue weighted by Crippen LogP contribution is -2.50. The molecule has 4 nitrogen and oxygen atoms in total. The van der Waals surface area contributed by atoms with Crippen molar-refractivity contribution in [2.75, 3.05) is 13.1 Å². The van der Waals surface area contributed by atoms with Gasteiger partial charge in [-0.15, -0.1) is 0 Å². The zero-order chi connectivity index (χ0) is 18.0. The van der Waals surface area contributed by atoms with Crippen molar-refractivity contribution < 1.29 is 18.7 Å². The van der Waals surface area contributed by atoms with Crippen LogP contribution in [0.25, 0.3) is 0 Å². The van der Waals surface area contributed by atoms with Gasteiger partial charge < -0.3 is 14.4 Å². The highest BCUT2D eigenvalue weighted by molar-refractivity contribution is 5.69. The van der Waals surface area contributed by atoms with Crippen molar-refractivity contribution in [2.45, 2.75) is 32.3 Å². The van der Waals surface area contributed by atoms with Crippen LogP contribution >= 0.6 is 0 Å². The number of hydrogen-bond acceptors (Lipinski definition) is 3. The molecule has 1 aliphatic heterocycles. The predicted molar refractivity (Wildman–Crippen MR) is 93.5 cm³/mol. The van der Waals surface area contributed by atoms with Crippen LogP contribution in [-0.2, 0) is 4.74 Å². The van der Waals surface area contributed by atoms with Crippen LogP contribution in [0.5, 0.6) is 11.5 Å². The van der Waals surface area contributed by atoms with E-state index in [0.717, 1.165) is 5.56 Å². The van der Waals surface area contributed by atoms with Gasteiger partial charge in [-0.25, -0.2) is 9.18 Å². The van der Waals surface area contributed by atoms with Crippen molar-refractivity contribution in [3.8, 4) is 11.5 Å². The maximum absolute atomic E-state index is 12.9. The molecule has 0 aromatic heterocycles. The largest absolute Gasteiger partial charge is 0.457 e. The summed E-state index contributed by atoms with van der Waals surface area (Å²) in [4.78, 5) is 13.7. The van der Waals surface area contributed by atoms with Gasteiger partial charge in [0.2, 0.25) is 0 Å². The molecular formula is C20H22FNO3. The fourth-order valence-electron chi connectivity index (χ4n) is 2.61. The maximum atomic E-state index is 12.9. The van der Waals surface area contributed by atoms with Crippen molar-refractivity contribution in [1.29, 1.82) is 0 Å². The quantitative estimate of drug-likeness (QED) is 0.791. The van der Waals surface area contributed by atoms with E-state index in [0.29, 0.717) is 30.5 Å². The van der Waals surface area contributed by atoms with E-state index in [1.807, 2.05) is 45.0 Å². The smallest absolute Gasteiger partial charge is 0.410 e. The second-order valence-corrected chi connectivity index (χ2v) is 7.21. The summed E-state index contributed by atoms with van der Waals surface area (Å²) in [5, 5.41) is 0. The van der Waals surface area contributed by atoms with Crippen molar-refractivity contribution >= 4 is 6.09 Å². The van der Waals surface area contributed by atoms with Crippen LogP contribution in [-0.4, -0.2) is 29.7 Å². The number of benzene rings is 2. The molecule has 1 heterocycles. The van der Waals surface area contributed by atoms with Crippen LogP contribution in [0.3, 0.4) is 0 Å². The van der Waals surface area contributed by atoms with E-state index in [-0.39, 0.29) is 11.9 Å². The number of amides is 1. The van der Waals surface area contributed by atoms with Crippen LogP contribution < -0.4 is 4.74 Å². The molecule has 0 bridgehead atoms. The minimum absolute atomic E-state index is 0.264. The molecule has 132 valence electrons. The summed E-state index contributed by atoms with van der Waals surface area (Å²) < 4.78 is 23.9. The second kappa shape index (κ2) is 6.75. The van der Waals surface area contributed by atoms with Gasteiger partial charge in [-0.05, 0) is 62.7 Å². The van der Waals surface area contributed by atoms with Gasteiger partial charge in [0.15, 0.2) is 0 Å². The first-order valence-electron chi connectivity index (χ1n) is 8.31. The van der Waals surface area contributed by atoms with Gasteiger partial charge in [-0.1, -0.05) is 12.1 Å². The molecule has 1 fully saturated rings. The Bertz CT molecular complexity index is 729. The van der Waals surface area contributed by atoms with Crippen molar-refractivity contribution in [3.63, 3.8) is 0 Å². The molecule has 0 atom stereocenters. The van der Waals surface area contributed by atoms with Crippen LogP contribution in [0.15, 0.2) is 48.5 Å². The lowest BCUT2D eigenvalue weighted by Gasteiger charge is -2.40. The zero-order valence-electron chi connectivity index (χ0n) is 14.7. The summed E-state index contributed by atoms with van der Waals surface area (Å²) in [5.41, 5.74) is 0.688. The molecule has 1 amide bonds. The van der Waals surface area contributed by atoms with Crippen molar-refractivity contribution in [1.82, 2.24) is 4.90 Å². The van der Waals surface area contributed by atoms with Crippen LogP contribution in [0, 0.1) is 5.82 Å². The average molecular weight is 343 g/mol. The highest BCUT2D eigenvalue weighted by Crippen LogP contribution is 2.30. The number of rotatable bonds is 3.